The van der Waals surface area contributed by atoms with Crippen LogP contribution >= 0.6 is 0 Å². The lowest BCUT2D eigenvalue weighted by Gasteiger charge is -2.34. The van der Waals surface area contributed by atoms with Crippen LogP contribution in [0.2, 0.25) is 0 Å². The fourth-order valence-corrected chi connectivity index (χ4v) is 2.86. The Morgan fingerprint density at radius 3 is 2.59 bits per heavy atom. The maximum absolute atomic E-state index is 12.8. The Kier molecular flexibility index (Phi) is 3.76. The summed E-state index contributed by atoms with van der Waals surface area (Å²) in [6, 6.07) is 0.550. The summed E-state index contributed by atoms with van der Waals surface area (Å²) in [6.07, 6.45) is 4.42. The number of carbonyl (C=O) groups excluding carboxylic acids is 1. The van der Waals surface area contributed by atoms with Gasteiger partial charge in [-0.3, -0.25) is 4.79 Å². The number of nitrogens with zero attached hydrogens (tertiary/aromatic N) is 1. The Labute approximate surface area is 105 Å². The number of nitrogens with one attached hydrogen (secondary N) is 1. The van der Waals surface area contributed by atoms with Gasteiger partial charge in [0.1, 0.15) is 0 Å². The first-order valence-corrected chi connectivity index (χ1v) is 7.11. The van der Waals surface area contributed by atoms with Crippen molar-refractivity contribution in [3.05, 3.63) is 0 Å². The molecule has 17 heavy (non-hydrogen) atoms. The highest BCUT2D eigenvalue weighted by atomic mass is 16.2. The molecule has 2 aliphatic rings. The van der Waals surface area contributed by atoms with E-state index in [0.717, 1.165) is 32.5 Å². The molecule has 0 aromatic carbocycles. The summed E-state index contributed by atoms with van der Waals surface area (Å²) in [6.45, 7) is 9.38. The van der Waals surface area contributed by atoms with Crippen molar-refractivity contribution in [3.8, 4) is 0 Å². The molecule has 0 spiro atoms. The molecular formula is C14H26N2O. The molecule has 3 nitrogen and oxygen atoms in total. The van der Waals surface area contributed by atoms with Crippen LogP contribution in [-0.2, 0) is 4.79 Å². The van der Waals surface area contributed by atoms with Gasteiger partial charge in [0.25, 0.3) is 0 Å². The maximum atomic E-state index is 12.8. The first kappa shape index (κ1) is 12.9. The maximum Gasteiger partial charge on any atom is 0.230 e. The molecule has 1 aliphatic heterocycles. The van der Waals surface area contributed by atoms with Crippen LogP contribution in [0.15, 0.2) is 0 Å². The van der Waals surface area contributed by atoms with E-state index < -0.39 is 0 Å². The predicted molar refractivity (Wildman–Crippen MR) is 69.8 cm³/mol. The molecule has 0 radical (unpaired) electrons. The van der Waals surface area contributed by atoms with Gasteiger partial charge < -0.3 is 10.2 Å². The van der Waals surface area contributed by atoms with Crippen LogP contribution in [0.25, 0.3) is 0 Å². The number of carbonyl (C=O) groups is 1. The van der Waals surface area contributed by atoms with Crippen molar-refractivity contribution in [2.75, 3.05) is 19.6 Å². The van der Waals surface area contributed by atoms with E-state index in [-0.39, 0.29) is 5.41 Å². The molecule has 1 N–H and O–H groups in total. The zero-order valence-electron chi connectivity index (χ0n) is 11.5. The Balaban J connectivity index is 2.09. The lowest BCUT2D eigenvalue weighted by Crippen LogP contribution is -2.47. The Bertz CT molecular complexity index is 278. The van der Waals surface area contributed by atoms with Crippen molar-refractivity contribution >= 4 is 5.91 Å². The number of hydrogen-bond donors (Lipinski definition) is 1. The van der Waals surface area contributed by atoms with Crippen molar-refractivity contribution in [3.63, 3.8) is 0 Å². The molecule has 2 fully saturated rings. The average molecular weight is 238 g/mol. The second-order valence-corrected chi connectivity index (χ2v) is 6.14. The molecule has 1 atom stereocenters. The molecular weight excluding hydrogens is 212 g/mol. The molecule has 0 aromatic rings. The zero-order valence-corrected chi connectivity index (χ0v) is 11.5. The van der Waals surface area contributed by atoms with Crippen molar-refractivity contribution in [2.45, 2.75) is 52.5 Å². The molecule has 1 aliphatic carbocycles. The van der Waals surface area contributed by atoms with Crippen LogP contribution < -0.4 is 5.32 Å². The van der Waals surface area contributed by atoms with Crippen LogP contribution in [0.4, 0.5) is 0 Å². The van der Waals surface area contributed by atoms with Gasteiger partial charge >= 0.3 is 0 Å². The van der Waals surface area contributed by atoms with Gasteiger partial charge in [-0.1, -0.05) is 20.8 Å². The number of hydrogen-bond acceptors (Lipinski definition) is 2. The van der Waals surface area contributed by atoms with Crippen LogP contribution in [0.3, 0.4) is 0 Å². The van der Waals surface area contributed by atoms with E-state index in [0.29, 0.717) is 17.9 Å². The average Bonchev–Trinajstić information content (AvgIpc) is 3.02. The summed E-state index contributed by atoms with van der Waals surface area (Å²) in [5, 5.41) is 3.37. The van der Waals surface area contributed by atoms with Crippen LogP contribution in [-0.4, -0.2) is 36.5 Å². The van der Waals surface area contributed by atoms with E-state index in [1.807, 2.05) is 0 Å². The second-order valence-electron chi connectivity index (χ2n) is 6.14. The smallest absolute Gasteiger partial charge is 0.230 e. The van der Waals surface area contributed by atoms with Gasteiger partial charge in [-0.25, -0.2) is 0 Å². The first-order chi connectivity index (χ1) is 8.09. The van der Waals surface area contributed by atoms with Gasteiger partial charge in [-0.2, -0.15) is 0 Å². The first-order valence-electron chi connectivity index (χ1n) is 7.11. The fraction of sp³-hybridized carbons (Fsp3) is 0.929. The molecule has 2 rings (SSSR count). The van der Waals surface area contributed by atoms with E-state index in [4.69, 9.17) is 0 Å². The zero-order chi connectivity index (χ0) is 12.5. The predicted octanol–water partition coefficient (Wildman–Crippen LogP) is 2.02. The van der Waals surface area contributed by atoms with Crippen molar-refractivity contribution in [1.82, 2.24) is 10.2 Å². The monoisotopic (exact) mass is 238 g/mol. The Morgan fingerprint density at radius 2 is 2.18 bits per heavy atom. The summed E-state index contributed by atoms with van der Waals surface area (Å²) in [5.41, 5.74) is -0.0997. The second kappa shape index (κ2) is 4.97. The molecule has 1 heterocycles. The van der Waals surface area contributed by atoms with Gasteiger partial charge in [0.15, 0.2) is 0 Å². The molecule has 1 unspecified atom stereocenters. The Hall–Kier alpha value is -0.570. The molecule has 0 aromatic heterocycles. The van der Waals surface area contributed by atoms with Gasteiger partial charge in [0, 0.05) is 19.1 Å². The van der Waals surface area contributed by atoms with Crippen molar-refractivity contribution < 1.29 is 4.79 Å². The largest absolute Gasteiger partial charge is 0.339 e. The van der Waals surface area contributed by atoms with Gasteiger partial charge in [-0.05, 0) is 38.1 Å². The van der Waals surface area contributed by atoms with Crippen LogP contribution in [0, 0.1) is 11.3 Å². The minimum Gasteiger partial charge on any atom is -0.339 e. The van der Waals surface area contributed by atoms with E-state index in [9.17, 15) is 4.79 Å². The highest BCUT2D eigenvalue weighted by Crippen LogP contribution is 2.37. The third-order valence-corrected chi connectivity index (χ3v) is 4.18. The fourth-order valence-electron chi connectivity index (χ4n) is 2.86. The molecule has 1 saturated heterocycles. The van der Waals surface area contributed by atoms with Crippen molar-refractivity contribution in [2.24, 2.45) is 11.3 Å². The molecule has 0 bridgehead atoms. The summed E-state index contributed by atoms with van der Waals surface area (Å²) in [4.78, 5) is 15.0. The number of amides is 1. The van der Waals surface area contributed by atoms with Crippen LogP contribution in [0.1, 0.15) is 46.5 Å². The third kappa shape index (κ3) is 2.65. The quantitative estimate of drug-likeness (QED) is 0.795. The van der Waals surface area contributed by atoms with E-state index in [1.165, 1.54) is 12.8 Å². The number of rotatable bonds is 5. The summed E-state index contributed by atoms with van der Waals surface area (Å²) < 4.78 is 0. The highest BCUT2D eigenvalue weighted by molar-refractivity contribution is 5.84. The highest BCUT2D eigenvalue weighted by Gasteiger charge is 2.45. The standard InChI is InChI=1S/C14H26N2O/c1-4-14(7-8-15-10-14)13(17)16(9-11(2)3)12-5-6-12/h11-12,15H,4-10H2,1-3H3. The Morgan fingerprint density at radius 1 is 1.47 bits per heavy atom. The van der Waals surface area contributed by atoms with E-state index in [1.54, 1.807) is 0 Å². The minimum atomic E-state index is -0.0997. The third-order valence-electron chi connectivity index (χ3n) is 4.18. The molecule has 1 saturated carbocycles. The van der Waals surface area contributed by atoms with Gasteiger partial charge in [-0.15, -0.1) is 0 Å². The van der Waals surface area contributed by atoms with Crippen LogP contribution in [0.5, 0.6) is 0 Å². The lowest BCUT2D eigenvalue weighted by atomic mass is 9.82. The normalized spacial score (nSPS) is 28.7. The SMILES string of the molecule is CCC1(C(=O)N(CC(C)C)C2CC2)CCNC1. The lowest BCUT2D eigenvalue weighted by molar-refractivity contribution is -0.142. The topological polar surface area (TPSA) is 32.3 Å². The molecule has 3 heteroatoms. The summed E-state index contributed by atoms with van der Waals surface area (Å²) in [7, 11) is 0. The molecule has 98 valence electrons. The van der Waals surface area contributed by atoms with E-state index in [2.05, 4.69) is 31.0 Å². The van der Waals surface area contributed by atoms with Crippen molar-refractivity contribution in [1.29, 1.82) is 0 Å². The van der Waals surface area contributed by atoms with Gasteiger partial charge in [0.05, 0.1) is 5.41 Å². The summed E-state index contributed by atoms with van der Waals surface area (Å²) in [5.74, 6) is 0.990. The molecule has 1 amide bonds. The van der Waals surface area contributed by atoms with E-state index >= 15 is 0 Å². The van der Waals surface area contributed by atoms with Gasteiger partial charge in [0.2, 0.25) is 5.91 Å². The minimum absolute atomic E-state index is 0.0997. The summed E-state index contributed by atoms with van der Waals surface area (Å²) >= 11 is 0.